The van der Waals surface area contributed by atoms with Crippen molar-refractivity contribution in [3.05, 3.63) is 82.9 Å². The maximum Gasteiger partial charge on any atom is 0.328 e. The maximum absolute atomic E-state index is 15.1. The van der Waals surface area contributed by atoms with Crippen LogP contribution >= 0.6 is 0 Å². The smallest absolute Gasteiger partial charge is 0.328 e. The van der Waals surface area contributed by atoms with Crippen molar-refractivity contribution < 1.29 is 32.7 Å². The van der Waals surface area contributed by atoms with Gasteiger partial charge in [0.1, 0.15) is 5.75 Å². The lowest BCUT2D eigenvalue weighted by atomic mass is 9.91. The number of urea groups is 1. The summed E-state index contributed by atoms with van der Waals surface area (Å²) in [5.74, 6) is 0.508. The number of amides is 5. The number of hydrogen-bond donors (Lipinski definition) is 1. The van der Waals surface area contributed by atoms with E-state index in [1.54, 1.807) is 43.6 Å². The molecule has 2 fully saturated rings. The van der Waals surface area contributed by atoms with Crippen LogP contribution in [0.5, 0.6) is 5.75 Å². The number of fused-ring (bicyclic) bond motifs is 3. The van der Waals surface area contributed by atoms with E-state index in [1.807, 2.05) is 39.7 Å². The average Bonchev–Trinajstić information content (AvgIpc) is 3.80. The number of alkyl halides is 2. The van der Waals surface area contributed by atoms with E-state index in [1.165, 1.54) is 12.0 Å². The predicted octanol–water partition coefficient (Wildman–Crippen LogP) is 6.30. The minimum atomic E-state index is -2.72. The van der Waals surface area contributed by atoms with Crippen LogP contribution in [0.3, 0.4) is 0 Å². The molecule has 0 spiro atoms. The molecule has 2 aromatic carbocycles. The summed E-state index contributed by atoms with van der Waals surface area (Å²) in [7, 11) is 3.38. The second-order valence-electron chi connectivity index (χ2n) is 15.7. The van der Waals surface area contributed by atoms with Crippen LogP contribution in [0.15, 0.2) is 55.0 Å². The number of carbonyl (C=O) groups is 4. The summed E-state index contributed by atoms with van der Waals surface area (Å²) in [6.07, 6.45) is 6.17. The number of aryl methyl sites for hydroxylation is 2. The average molecular weight is 806 g/mol. The zero-order valence-electron chi connectivity index (χ0n) is 33.2. The number of nitrogens with zero attached hydrogens (tertiary/aromatic N) is 8. The molecule has 0 bridgehead atoms. The van der Waals surface area contributed by atoms with Crippen LogP contribution in [0.2, 0.25) is 0 Å². The van der Waals surface area contributed by atoms with Gasteiger partial charge >= 0.3 is 6.03 Å². The summed E-state index contributed by atoms with van der Waals surface area (Å²) < 4.78 is 39.7. The number of hydrogen-bond acceptors (Lipinski definition) is 8. The lowest BCUT2D eigenvalue weighted by Gasteiger charge is -2.34. The fourth-order valence-corrected chi connectivity index (χ4v) is 9.27. The molecule has 9 rings (SSSR count). The van der Waals surface area contributed by atoms with Gasteiger partial charge in [-0.25, -0.2) is 13.6 Å². The Kier molecular flexibility index (Phi) is 9.80. The van der Waals surface area contributed by atoms with Crippen LogP contribution in [0.1, 0.15) is 77.8 Å². The SMILES string of the molecule is COc1cc(C(=O)N2CCC(n3nc(N4CCCc5cc(-c6cn(C)c7ccncc67)c(C(F)F)cc54)c4c3CCN(C(C)=O)C4)CC2)ccc1N1CCC(=O)NC1=O. The lowest BCUT2D eigenvalue weighted by molar-refractivity contribution is -0.129. The predicted molar refractivity (Wildman–Crippen MR) is 216 cm³/mol. The molecule has 0 aliphatic carbocycles. The van der Waals surface area contributed by atoms with E-state index in [-0.39, 0.29) is 42.3 Å². The van der Waals surface area contributed by atoms with Crippen LogP contribution in [-0.4, -0.2) is 92.7 Å². The topological polar surface area (TPSA) is 138 Å². The van der Waals surface area contributed by atoms with E-state index in [2.05, 4.69) is 19.9 Å². The molecule has 0 atom stereocenters. The minimum absolute atomic E-state index is 0.0223. The van der Waals surface area contributed by atoms with E-state index in [0.717, 1.165) is 46.1 Å². The second kappa shape index (κ2) is 15.1. The normalized spacial score (nSPS) is 17.4. The van der Waals surface area contributed by atoms with Gasteiger partial charge in [0, 0.05) is 117 Å². The Morgan fingerprint density at radius 3 is 2.47 bits per heavy atom. The number of carbonyl (C=O) groups excluding carboxylic acids is 4. The van der Waals surface area contributed by atoms with E-state index >= 15 is 8.78 Å². The molecule has 14 nitrogen and oxygen atoms in total. The summed E-state index contributed by atoms with van der Waals surface area (Å²) in [4.78, 5) is 62.1. The number of piperidine rings is 1. The molecule has 0 unspecified atom stereocenters. The third-order valence-electron chi connectivity index (χ3n) is 12.3. The van der Waals surface area contributed by atoms with Crippen LogP contribution in [-0.2, 0) is 36.0 Å². The molecular weight excluding hydrogens is 761 g/mol. The van der Waals surface area contributed by atoms with E-state index in [0.29, 0.717) is 86.1 Å². The molecule has 0 radical (unpaired) electrons. The largest absolute Gasteiger partial charge is 0.495 e. The zero-order chi connectivity index (χ0) is 41.1. The first-order valence-corrected chi connectivity index (χ1v) is 20.1. The number of methoxy groups -OCH3 is 1. The van der Waals surface area contributed by atoms with Gasteiger partial charge in [-0.15, -0.1) is 0 Å². The molecule has 306 valence electrons. The van der Waals surface area contributed by atoms with Crippen molar-refractivity contribution in [2.75, 3.05) is 49.6 Å². The Morgan fingerprint density at radius 1 is 0.915 bits per heavy atom. The molecule has 7 heterocycles. The van der Waals surface area contributed by atoms with Gasteiger partial charge in [0.2, 0.25) is 11.8 Å². The molecule has 2 saturated heterocycles. The van der Waals surface area contributed by atoms with Crippen molar-refractivity contribution in [2.45, 2.75) is 64.5 Å². The summed E-state index contributed by atoms with van der Waals surface area (Å²) in [5, 5.41) is 8.40. The number of aromatic nitrogens is 4. The first kappa shape index (κ1) is 38.2. The molecular formula is C43H45F2N9O5. The minimum Gasteiger partial charge on any atom is -0.495 e. The highest BCUT2D eigenvalue weighted by Crippen LogP contribution is 2.45. The van der Waals surface area contributed by atoms with Crippen molar-refractivity contribution in [2.24, 2.45) is 7.05 Å². The first-order chi connectivity index (χ1) is 28.5. The summed E-state index contributed by atoms with van der Waals surface area (Å²) in [6, 6.07) is 9.84. The van der Waals surface area contributed by atoms with Gasteiger partial charge in [0.15, 0.2) is 5.82 Å². The number of pyridine rings is 1. The van der Waals surface area contributed by atoms with E-state index in [9.17, 15) is 19.2 Å². The number of anilines is 3. The summed E-state index contributed by atoms with van der Waals surface area (Å²) in [6.45, 7) is 4.24. The number of rotatable bonds is 7. The van der Waals surface area contributed by atoms with Gasteiger partial charge in [0.05, 0.1) is 30.9 Å². The van der Waals surface area contributed by atoms with Gasteiger partial charge in [0.25, 0.3) is 12.3 Å². The third-order valence-corrected chi connectivity index (χ3v) is 12.3. The summed E-state index contributed by atoms with van der Waals surface area (Å²) >= 11 is 0. The van der Waals surface area contributed by atoms with Gasteiger partial charge < -0.3 is 24.0 Å². The Bertz CT molecular complexity index is 2520. The van der Waals surface area contributed by atoms with E-state index < -0.39 is 12.5 Å². The number of likely N-dealkylation sites (tertiary alicyclic amines) is 1. The molecule has 4 aliphatic heterocycles. The quantitative estimate of drug-likeness (QED) is 0.203. The monoisotopic (exact) mass is 805 g/mol. The van der Waals surface area contributed by atoms with Crippen molar-refractivity contribution >= 4 is 51.8 Å². The maximum atomic E-state index is 15.1. The van der Waals surface area contributed by atoms with Crippen molar-refractivity contribution in [1.29, 1.82) is 0 Å². The van der Waals surface area contributed by atoms with Gasteiger partial charge in [-0.3, -0.25) is 34.3 Å². The molecule has 4 aliphatic rings. The lowest BCUT2D eigenvalue weighted by Crippen LogP contribution is -2.49. The second-order valence-corrected chi connectivity index (χ2v) is 15.7. The van der Waals surface area contributed by atoms with Crippen LogP contribution < -0.4 is 19.9 Å². The molecule has 1 N–H and O–H groups in total. The standard InChI is InChI=1S/C43H45F2N9O5/c1-25(55)51-17-11-35-33(24-51)41(52-14-4-5-26-19-29(30(40(44)45)21-37(26)52)32-23-49(2)34-8-13-46-22-31(32)34)48-54(35)28-9-15-50(16-10-28)42(57)27-6-7-36(38(20-27)59-3)53-18-12-39(56)47-43(53)58/h6-8,13,19-23,28,40H,4-5,9-12,14-18,24H2,1-3H3,(H,47,56,58). The molecule has 0 saturated carbocycles. The Morgan fingerprint density at radius 2 is 1.73 bits per heavy atom. The number of imide groups is 1. The van der Waals surface area contributed by atoms with Crippen LogP contribution in [0, 0.1) is 0 Å². The molecule has 3 aromatic heterocycles. The fraction of sp³-hybridized carbons (Fsp3) is 0.395. The molecule has 5 aromatic rings. The number of ether oxygens (including phenoxy) is 1. The van der Waals surface area contributed by atoms with Crippen LogP contribution in [0.25, 0.3) is 22.0 Å². The van der Waals surface area contributed by atoms with Gasteiger partial charge in [-0.1, -0.05) is 0 Å². The highest BCUT2D eigenvalue weighted by Gasteiger charge is 2.36. The number of nitrogens with one attached hydrogen (secondary N) is 1. The van der Waals surface area contributed by atoms with Crippen molar-refractivity contribution in [1.82, 2.24) is 34.4 Å². The Labute approximate surface area is 339 Å². The third kappa shape index (κ3) is 6.73. The number of halogens is 2. The number of benzene rings is 2. The van der Waals surface area contributed by atoms with Gasteiger partial charge in [-0.2, -0.15) is 5.10 Å². The highest BCUT2D eigenvalue weighted by atomic mass is 19.3. The Hall–Kier alpha value is -6.32. The Balaban J connectivity index is 1.00. The highest BCUT2D eigenvalue weighted by molar-refractivity contribution is 6.06. The van der Waals surface area contributed by atoms with Gasteiger partial charge in [-0.05, 0) is 73.2 Å². The molecule has 59 heavy (non-hydrogen) atoms. The van der Waals surface area contributed by atoms with Crippen molar-refractivity contribution in [3.8, 4) is 16.9 Å². The fourth-order valence-electron chi connectivity index (χ4n) is 9.27. The first-order valence-electron chi connectivity index (χ1n) is 20.1. The van der Waals surface area contributed by atoms with Crippen LogP contribution in [0.4, 0.5) is 30.8 Å². The molecule has 5 amide bonds. The van der Waals surface area contributed by atoms with E-state index in [4.69, 9.17) is 9.84 Å². The molecule has 16 heteroatoms. The van der Waals surface area contributed by atoms with Crippen molar-refractivity contribution in [3.63, 3.8) is 0 Å². The zero-order valence-corrected chi connectivity index (χ0v) is 33.2. The summed E-state index contributed by atoms with van der Waals surface area (Å²) in [5.41, 5.74) is 6.61.